The zero-order valence-corrected chi connectivity index (χ0v) is 42.6. The summed E-state index contributed by atoms with van der Waals surface area (Å²) in [5, 5.41) is 0. The molecule has 6 aliphatic carbocycles. The second-order valence-corrected chi connectivity index (χ2v) is 24.7. The summed E-state index contributed by atoms with van der Waals surface area (Å²) < 4.78 is 188. The molecule has 0 unspecified atom stereocenters. The molecular formula is C36H81N6Na3O18S6. The molecule has 0 aromatic carbocycles. The first-order valence-corrected chi connectivity index (χ1v) is 31.6. The molecule has 0 amide bonds. The van der Waals surface area contributed by atoms with E-state index in [0.717, 1.165) is 154 Å². The molecule has 0 atom stereocenters. The Morgan fingerprint density at radius 2 is 0.290 bits per heavy atom. The van der Waals surface area contributed by atoms with E-state index in [1.165, 1.54) is 38.5 Å². The molecule has 69 heavy (non-hydrogen) atoms. The van der Waals surface area contributed by atoms with Gasteiger partial charge in [-0.2, -0.15) is 78.8 Å². The van der Waals surface area contributed by atoms with Crippen LogP contribution in [0.1, 0.15) is 193 Å². The topological polar surface area (TPSA) is 398 Å². The summed E-state index contributed by atoms with van der Waals surface area (Å²) in [6, 6.07) is -0.257. The summed E-state index contributed by atoms with van der Waals surface area (Å²) in [6.45, 7) is 0. The zero-order chi connectivity index (χ0) is 49.9. The van der Waals surface area contributed by atoms with Crippen molar-refractivity contribution >= 4 is 150 Å². The minimum atomic E-state index is -3.97. The average molecular weight is 1150 g/mol. The predicted octanol–water partition coefficient (Wildman–Crippen LogP) is 2.32. The molecule has 6 aliphatic rings. The second-order valence-electron chi connectivity index (χ2n) is 17.6. The van der Waals surface area contributed by atoms with Crippen molar-refractivity contribution in [1.82, 2.24) is 28.3 Å². The number of hydrogen-bond donors (Lipinski definition) is 12. The Bertz CT molecular complexity index is 1630. The van der Waals surface area contributed by atoms with Gasteiger partial charge in [0.15, 0.2) is 0 Å². The minimum absolute atomic E-state index is 0. The Morgan fingerprint density at radius 1 is 0.203 bits per heavy atom. The molecule has 0 aliphatic heterocycles. The summed E-state index contributed by atoms with van der Waals surface area (Å²) in [4.78, 5) is 0. The van der Waals surface area contributed by atoms with Crippen molar-refractivity contribution in [2.24, 2.45) is 0 Å². The van der Waals surface area contributed by atoms with Gasteiger partial charge in [-0.1, -0.05) is 116 Å². The maximum atomic E-state index is 10.3. The van der Waals surface area contributed by atoms with Gasteiger partial charge in [-0.05, 0) is 77.0 Å². The van der Waals surface area contributed by atoms with Crippen molar-refractivity contribution in [3.8, 4) is 0 Å². The summed E-state index contributed by atoms with van der Waals surface area (Å²) in [6.07, 6.45) is 29.8. The molecule has 6 saturated carbocycles. The Labute approximate surface area is 480 Å². The van der Waals surface area contributed by atoms with Crippen molar-refractivity contribution in [1.29, 1.82) is 0 Å². The molecule has 0 spiro atoms. The molecule has 0 aromatic rings. The molecule has 0 aromatic heterocycles. The molecule has 33 heteroatoms. The fourth-order valence-electron chi connectivity index (χ4n) is 8.59. The Hall–Kier alpha value is 2.22. The van der Waals surface area contributed by atoms with Crippen LogP contribution in [-0.4, -0.2) is 203 Å². The molecule has 6 rings (SSSR count). The third-order valence-electron chi connectivity index (χ3n) is 11.5. The van der Waals surface area contributed by atoms with Gasteiger partial charge in [0.2, 0.25) is 0 Å². The van der Waals surface area contributed by atoms with E-state index in [-0.39, 0.29) is 125 Å². The van der Waals surface area contributed by atoms with Gasteiger partial charge in [-0.3, -0.25) is 27.3 Å². The van der Waals surface area contributed by atoms with E-state index in [2.05, 4.69) is 28.3 Å². The van der Waals surface area contributed by atoms with Gasteiger partial charge in [-0.15, -0.1) is 0 Å². The van der Waals surface area contributed by atoms with Gasteiger partial charge < -0.3 is 0 Å². The van der Waals surface area contributed by atoms with Crippen LogP contribution in [-0.2, 0) is 61.8 Å². The van der Waals surface area contributed by atoms with E-state index < -0.39 is 61.8 Å². The third-order valence-corrected chi connectivity index (χ3v) is 15.3. The van der Waals surface area contributed by atoms with Gasteiger partial charge in [0.1, 0.15) is 0 Å². The van der Waals surface area contributed by atoms with E-state index in [0.29, 0.717) is 0 Å². The van der Waals surface area contributed by atoms with E-state index in [4.69, 9.17) is 27.3 Å². The number of nitrogens with one attached hydrogen (secondary N) is 6. The molecule has 0 bridgehead atoms. The molecule has 24 nitrogen and oxygen atoms in total. The fraction of sp³-hybridized carbons (Fsp3) is 1.00. The van der Waals surface area contributed by atoms with Gasteiger partial charge >= 0.3 is 150 Å². The normalized spacial score (nSPS) is 21.0. The summed E-state index contributed by atoms with van der Waals surface area (Å²) in [5.74, 6) is 0. The molecule has 0 saturated heterocycles. The Balaban J connectivity index is -0.000000751. The van der Waals surface area contributed by atoms with Crippen LogP contribution < -0.4 is 28.3 Å². The summed E-state index contributed by atoms with van der Waals surface area (Å²) in [7, 11) is -23.8. The van der Waals surface area contributed by atoms with Crippen LogP contribution in [0.2, 0.25) is 0 Å². The van der Waals surface area contributed by atoms with Crippen LogP contribution in [0.4, 0.5) is 0 Å². The van der Waals surface area contributed by atoms with Crippen molar-refractivity contribution < 1.29 is 77.8 Å². The van der Waals surface area contributed by atoms with Crippen molar-refractivity contribution in [2.45, 2.75) is 229 Å². The first-order chi connectivity index (χ1) is 30.5. The van der Waals surface area contributed by atoms with Crippen LogP contribution in [0.25, 0.3) is 0 Å². The van der Waals surface area contributed by atoms with Gasteiger partial charge in [0, 0.05) is 36.3 Å². The van der Waals surface area contributed by atoms with E-state index >= 15 is 0 Å². The van der Waals surface area contributed by atoms with Gasteiger partial charge in [-0.25, -0.2) is 0 Å². The predicted molar refractivity (Wildman–Crippen MR) is 271 cm³/mol. The Morgan fingerprint density at radius 3 is 0.362 bits per heavy atom. The van der Waals surface area contributed by atoms with Crippen molar-refractivity contribution in [3.63, 3.8) is 0 Å². The first kappa shape index (κ1) is 75.5. The van der Waals surface area contributed by atoms with Crippen LogP contribution in [0.5, 0.6) is 0 Å². The molecular weight excluding hydrogens is 1070 g/mol. The monoisotopic (exact) mass is 1150 g/mol. The third kappa shape index (κ3) is 50.8. The standard InChI is InChI=1S/6C6H13NO3S.3Na.3H/c6*8-11(9,10)7-6-4-2-1-3-5-6;;;;;;/h6*6-7H,1-5H2,(H,8,9,10);;;;;;. The van der Waals surface area contributed by atoms with Crippen LogP contribution in [0.3, 0.4) is 0 Å². The molecule has 0 radical (unpaired) electrons. The van der Waals surface area contributed by atoms with E-state index in [1.54, 1.807) is 0 Å². The second kappa shape index (κ2) is 39.6. The van der Waals surface area contributed by atoms with Crippen LogP contribution in [0, 0.1) is 0 Å². The Kier molecular flexibility index (Phi) is 43.3. The molecule has 402 valence electrons. The van der Waals surface area contributed by atoms with Gasteiger partial charge in [0.05, 0.1) is 0 Å². The molecule has 12 N–H and O–H groups in total. The van der Waals surface area contributed by atoms with Crippen LogP contribution in [0.15, 0.2) is 0 Å². The zero-order valence-electron chi connectivity index (χ0n) is 37.7. The van der Waals surface area contributed by atoms with Gasteiger partial charge in [0.25, 0.3) is 0 Å². The average Bonchev–Trinajstić information content (AvgIpc) is 3.18. The number of rotatable bonds is 12. The number of hydrogen-bond acceptors (Lipinski definition) is 12. The van der Waals surface area contributed by atoms with Crippen molar-refractivity contribution in [2.75, 3.05) is 0 Å². The maximum absolute atomic E-state index is 10.3. The first-order valence-electron chi connectivity index (χ1n) is 23.0. The van der Waals surface area contributed by atoms with Crippen molar-refractivity contribution in [3.05, 3.63) is 0 Å². The van der Waals surface area contributed by atoms with E-state index in [9.17, 15) is 50.5 Å². The van der Waals surface area contributed by atoms with Crippen LogP contribution >= 0.6 is 0 Å². The summed E-state index contributed by atoms with van der Waals surface area (Å²) in [5.41, 5.74) is 0. The fourth-order valence-corrected chi connectivity index (χ4v) is 12.5. The molecule has 6 fully saturated rings. The quantitative estimate of drug-likeness (QED) is 0.0985. The SMILES string of the molecule is O=S(=O)(O)NC1CCCCC1.O=S(=O)(O)NC1CCCCC1.O=S(=O)(O)NC1CCCCC1.O=S(=O)(O)NC1CCCCC1.O=S(=O)(O)NC1CCCCC1.O=S(=O)(O)NC1CCCCC1.[NaH].[NaH].[NaH]. The van der Waals surface area contributed by atoms with E-state index in [1.807, 2.05) is 0 Å². The molecule has 0 heterocycles. The summed E-state index contributed by atoms with van der Waals surface area (Å²) >= 11 is 0.